The van der Waals surface area contributed by atoms with Crippen LogP contribution < -0.4 is 4.74 Å². The Morgan fingerprint density at radius 2 is 2.07 bits per heavy atom. The highest BCUT2D eigenvalue weighted by Gasteiger charge is 2.04. The van der Waals surface area contributed by atoms with E-state index in [0.717, 1.165) is 5.56 Å². The fraction of sp³-hybridized carbons (Fsp3) is 0.333. The van der Waals surface area contributed by atoms with Crippen LogP contribution in [0.15, 0.2) is 18.2 Å². The molecule has 1 aromatic carbocycles. The molecule has 0 saturated heterocycles. The summed E-state index contributed by atoms with van der Waals surface area (Å²) in [4.78, 5) is 0. The number of ether oxygens (including phenoxy) is 1. The Morgan fingerprint density at radius 1 is 1.40 bits per heavy atom. The van der Waals surface area contributed by atoms with Gasteiger partial charge in [0.25, 0.3) is 0 Å². The van der Waals surface area contributed by atoms with E-state index in [2.05, 4.69) is 6.07 Å². The molecule has 0 radical (unpaired) electrons. The first-order valence-electron chi connectivity index (χ1n) is 4.80. The highest BCUT2D eigenvalue weighted by Crippen LogP contribution is 2.18. The average Bonchev–Trinajstić information content (AvgIpc) is 2.16. The summed E-state index contributed by atoms with van der Waals surface area (Å²) in [5, 5.41) is 16.3. The molecule has 15 heavy (non-hydrogen) atoms. The van der Waals surface area contributed by atoms with Crippen molar-refractivity contribution in [3.8, 4) is 11.8 Å². The van der Waals surface area contributed by atoms with Gasteiger partial charge in [-0.25, -0.2) is 0 Å². The third kappa shape index (κ3) is 3.10. The van der Waals surface area contributed by atoms with Crippen LogP contribution in [-0.2, 0) is 0 Å². The summed E-state index contributed by atoms with van der Waals surface area (Å²) in [6.45, 7) is 5.54. The smallest absolute Gasteiger partial charge is 0.121 e. The summed E-state index contributed by atoms with van der Waals surface area (Å²) in [7, 11) is 0. The third-order valence-corrected chi connectivity index (χ3v) is 1.84. The van der Waals surface area contributed by atoms with Crippen LogP contribution in [0, 0.1) is 16.7 Å². The largest absolute Gasteiger partial charge is 0.491 e. The third-order valence-electron chi connectivity index (χ3n) is 1.84. The molecular weight excluding hydrogens is 188 g/mol. The van der Waals surface area contributed by atoms with Crippen molar-refractivity contribution in [2.24, 2.45) is 0 Å². The number of nitrogens with zero attached hydrogens (tertiary/aromatic N) is 1. The second-order valence-corrected chi connectivity index (χ2v) is 3.65. The molecule has 3 heteroatoms. The SMILES string of the molecule is CC(=N)c1cc(C#N)cc(OC(C)C)c1. The van der Waals surface area contributed by atoms with Gasteiger partial charge in [-0.05, 0) is 44.5 Å². The Bertz CT molecular complexity index is 416. The number of hydrogen-bond acceptors (Lipinski definition) is 3. The Morgan fingerprint density at radius 3 is 2.53 bits per heavy atom. The van der Waals surface area contributed by atoms with Crippen molar-refractivity contribution in [2.45, 2.75) is 26.9 Å². The predicted molar refractivity (Wildman–Crippen MR) is 59.4 cm³/mol. The molecule has 0 aliphatic rings. The minimum atomic E-state index is 0.0674. The van der Waals surface area contributed by atoms with E-state index in [9.17, 15) is 0 Å². The molecule has 78 valence electrons. The Kier molecular flexibility index (Phi) is 3.46. The van der Waals surface area contributed by atoms with Crippen LogP contribution in [0.4, 0.5) is 0 Å². The second-order valence-electron chi connectivity index (χ2n) is 3.65. The highest BCUT2D eigenvalue weighted by molar-refractivity contribution is 5.96. The lowest BCUT2D eigenvalue weighted by molar-refractivity contribution is 0.242. The topological polar surface area (TPSA) is 56.9 Å². The maximum atomic E-state index is 8.83. The first-order valence-corrected chi connectivity index (χ1v) is 4.80. The molecule has 0 aromatic heterocycles. The van der Waals surface area contributed by atoms with E-state index < -0.39 is 0 Å². The minimum absolute atomic E-state index is 0.0674. The maximum absolute atomic E-state index is 8.83. The lowest BCUT2D eigenvalue weighted by Crippen LogP contribution is -2.06. The number of hydrogen-bond donors (Lipinski definition) is 1. The molecule has 0 heterocycles. The van der Waals surface area contributed by atoms with E-state index in [0.29, 0.717) is 17.0 Å². The molecule has 0 saturated carbocycles. The molecule has 0 unspecified atom stereocenters. The van der Waals surface area contributed by atoms with E-state index >= 15 is 0 Å². The van der Waals surface area contributed by atoms with Crippen molar-refractivity contribution in [3.05, 3.63) is 29.3 Å². The van der Waals surface area contributed by atoms with Crippen LogP contribution in [0.1, 0.15) is 31.9 Å². The Hall–Kier alpha value is -1.82. The molecule has 3 nitrogen and oxygen atoms in total. The lowest BCUT2D eigenvalue weighted by Gasteiger charge is -2.11. The van der Waals surface area contributed by atoms with Crippen molar-refractivity contribution >= 4 is 5.71 Å². The van der Waals surface area contributed by atoms with E-state index in [-0.39, 0.29) is 6.10 Å². The number of benzene rings is 1. The van der Waals surface area contributed by atoms with Gasteiger partial charge in [-0.1, -0.05) is 0 Å². The number of nitrogens with one attached hydrogen (secondary N) is 1. The summed E-state index contributed by atoms with van der Waals surface area (Å²) in [6, 6.07) is 7.22. The van der Waals surface area contributed by atoms with Crippen molar-refractivity contribution in [1.29, 1.82) is 10.7 Å². The molecule has 0 fully saturated rings. The molecule has 1 rings (SSSR count). The molecule has 0 aliphatic carbocycles. The van der Waals surface area contributed by atoms with Crippen LogP contribution in [-0.4, -0.2) is 11.8 Å². The zero-order valence-electron chi connectivity index (χ0n) is 9.16. The van der Waals surface area contributed by atoms with Gasteiger partial charge in [-0.2, -0.15) is 5.26 Å². The molecular formula is C12H14N2O. The summed E-state index contributed by atoms with van der Waals surface area (Å²) >= 11 is 0. The molecule has 0 aliphatic heterocycles. The maximum Gasteiger partial charge on any atom is 0.121 e. The van der Waals surface area contributed by atoms with E-state index in [1.54, 1.807) is 25.1 Å². The zero-order chi connectivity index (χ0) is 11.4. The second kappa shape index (κ2) is 4.61. The van der Waals surface area contributed by atoms with Crippen LogP contribution in [0.3, 0.4) is 0 Å². The number of rotatable bonds is 3. The normalized spacial score (nSPS) is 9.80. The van der Waals surface area contributed by atoms with E-state index in [1.807, 2.05) is 13.8 Å². The van der Waals surface area contributed by atoms with Crippen LogP contribution in [0.25, 0.3) is 0 Å². The van der Waals surface area contributed by atoms with E-state index in [4.69, 9.17) is 15.4 Å². The quantitative estimate of drug-likeness (QED) is 0.766. The molecule has 0 bridgehead atoms. The lowest BCUT2D eigenvalue weighted by atomic mass is 10.1. The number of nitriles is 1. The molecule has 1 N–H and O–H groups in total. The van der Waals surface area contributed by atoms with Crippen molar-refractivity contribution in [3.63, 3.8) is 0 Å². The standard InChI is InChI=1S/C12H14N2O/c1-8(2)15-12-5-10(7-13)4-11(6-12)9(3)14/h4-6,8,14H,1-3H3. The predicted octanol–water partition coefficient (Wildman–Crippen LogP) is 2.73. The molecule has 1 aromatic rings. The van der Waals surface area contributed by atoms with Crippen LogP contribution in [0.5, 0.6) is 5.75 Å². The van der Waals surface area contributed by atoms with Gasteiger partial charge in [0.05, 0.1) is 17.7 Å². The molecule has 0 spiro atoms. The summed E-state index contributed by atoms with van der Waals surface area (Å²) in [5.41, 5.74) is 1.68. The van der Waals surface area contributed by atoms with E-state index in [1.165, 1.54) is 0 Å². The Balaban J connectivity index is 3.13. The van der Waals surface area contributed by atoms with Crippen LogP contribution >= 0.6 is 0 Å². The summed E-state index contributed by atoms with van der Waals surface area (Å²) < 4.78 is 5.50. The van der Waals surface area contributed by atoms with Gasteiger partial charge < -0.3 is 10.1 Å². The van der Waals surface area contributed by atoms with Gasteiger partial charge in [-0.15, -0.1) is 0 Å². The first kappa shape index (κ1) is 11.3. The fourth-order valence-electron chi connectivity index (χ4n) is 1.22. The molecule has 0 amide bonds. The van der Waals surface area contributed by atoms with Crippen LogP contribution in [0.2, 0.25) is 0 Å². The van der Waals surface area contributed by atoms with Gasteiger partial charge in [-0.3, -0.25) is 0 Å². The zero-order valence-corrected chi connectivity index (χ0v) is 9.16. The Labute approximate surface area is 89.8 Å². The fourth-order valence-corrected chi connectivity index (χ4v) is 1.22. The van der Waals surface area contributed by atoms with Gasteiger partial charge in [0.15, 0.2) is 0 Å². The van der Waals surface area contributed by atoms with Crippen molar-refractivity contribution in [2.75, 3.05) is 0 Å². The van der Waals surface area contributed by atoms with Gasteiger partial charge in [0.1, 0.15) is 5.75 Å². The van der Waals surface area contributed by atoms with Gasteiger partial charge in [0, 0.05) is 5.71 Å². The van der Waals surface area contributed by atoms with Crippen molar-refractivity contribution in [1.82, 2.24) is 0 Å². The molecule has 0 atom stereocenters. The van der Waals surface area contributed by atoms with Crippen molar-refractivity contribution < 1.29 is 4.74 Å². The summed E-state index contributed by atoms with van der Waals surface area (Å²) in [5.74, 6) is 0.644. The first-order chi connectivity index (χ1) is 7.02. The van der Waals surface area contributed by atoms with Gasteiger partial charge >= 0.3 is 0 Å². The monoisotopic (exact) mass is 202 g/mol. The van der Waals surface area contributed by atoms with Gasteiger partial charge in [0.2, 0.25) is 0 Å². The highest BCUT2D eigenvalue weighted by atomic mass is 16.5. The summed E-state index contributed by atoms with van der Waals surface area (Å²) in [6.07, 6.45) is 0.0674. The average molecular weight is 202 g/mol. The minimum Gasteiger partial charge on any atom is -0.491 e.